The Hall–Kier alpha value is -0.380. The Morgan fingerprint density at radius 2 is 1.94 bits per heavy atom. The number of aliphatic hydroxyl groups is 1. The monoisotopic (exact) mass is 311 g/mol. The van der Waals surface area contributed by atoms with E-state index in [1.165, 1.54) is 25.7 Å². The Morgan fingerprint density at radius 3 is 2.56 bits per heavy atom. The number of hydrogen-bond acceptors (Lipinski definition) is 2. The number of benzene rings is 1. The fraction of sp³-hybridized carbons (Fsp3) is 0.600. The van der Waals surface area contributed by atoms with Crippen molar-refractivity contribution in [3.63, 3.8) is 0 Å². The van der Waals surface area contributed by atoms with Crippen LogP contribution in [0, 0.1) is 5.92 Å². The molecule has 3 N–H and O–H groups in total. The summed E-state index contributed by atoms with van der Waals surface area (Å²) in [4.78, 5) is 0. The maximum absolute atomic E-state index is 10.4. The van der Waals surface area contributed by atoms with Crippen LogP contribution in [0.1, 0.15) is 43.6 Å². The van der Waals surface area contributed by atoms with E-state index in [0.717, 1.165) is 16.5 Å². The first-order valence-electron chi connectivity index (χ1n) is 6.85. The van der Waals surface area contributed by atoms with E-state index in [4.69, 9.17) is 5.73 Å². The molecule has 1 fully saturated rings. The van der Waals surface area contributed by atoms with Crippen LogP contribution in [0.5, 0.6) is 0 Å². The first kappa shape index (κ1) is 14.0. The molecule has 2 rings (SSSR count). The van der Waals surface area contributed by atoms with Gasteiger partial charge in [-0.05, 0) is 24.0 Å². The third-order valence-corrected chi connectivity index (χ3v) is 4.79. The molecule has 0 radical (unpaired) electrons. The largest absolute Gasteiger partial charge is 0.392 e. The predicted molar refractivity (Wildman–Crippen MR) is 78.5 cm³/mol. The molecule has 0 saturated heterocycles. The van der Waals surface area contributed by atoms with Gasteiger partial charge in [-0.2, -0.15) is 0 Å². The number of hydrogen-bond donors (Lipinski definition) is 2. The van der Waals surface area contributed by atoms with E-state index in [-0.39, 0.29) is 12.0 Å². The molecule has 2 nitrogen and oxygen atoms in total. The minimum absolute atomic E-state index is 0.0428. The molecule has 0 aromatic heterocycles. The standard InChI is InChI=1S/C15H22BrNO/c16-14-8-4-3-7-12(14)13(10-17)15(18)9-11-5-1-2-6-11/h3-4,7-8,11,13,15,18H,1-2,5-6,9-10,17H2. The Balaban J connectivity index is 2.05. The SMILES string of the molecule is NCC(c1ccccc1Br)C(O)CC1CCCC1. The molecule has 0 heterocycles. The summed E-state index contributed by atoms with van der Waals surface area (Å²) in [5.41, 5.74) is 7.00. The van der Waals surface area contributed by atoms with Gasteiger partial charge in [-0.15, -0.1) is 0 Å². The first-order valence-corrected chi connectivity index (χ1v) is 7.64. The van der Waals surface area contributed by atoms with Crippen molar-refractivity contribution in [3.05, 3.63) is 34.3 Å². The van der Waals surface area contributed by atoms with Gasteiger partial charge >= 0.3 is 0 Å². The second-order valence-electron chi connectivity index (χ2n) is 5.32. The van der Waals surface area contributed by atoms with Gasteiger partial charge in [-0.3, -0.25) is 0 Å². The Morgan fingerprint density at radius 1 is 1.28 bits per heavy atom. The molecule has 0 aliphatic heterocycles. The van der Waals surface area contributed by atoms with Gasteiger partial charge in [-0.25, -0.2) is 0 Å². The van der Waals surface area contributed by atoms with Crippen molar-refractivity contribution < 1.29 is 5.11 Å². The molecular formula is C15H22BrNO. The van der Waals surface area contributed by atoms with Crippen LogP contribution in [0.4, 0.5) is 0 Å². The van der Waals surface area contributed by atoms with Crippen LogP contribution in [0.3, 0.4) is 0 Å². The van der Waals surface area contributed by atoms with Crippen molar-refractivity contribution in [3.8, 4) is 0 Å². The Labute approximate surface area is 118 Å². The molecule has 1 aromatic rings. The fourth-order valence-corrected chi connectivity index (χ4v) is 3.60. The van der Waals surface area contributed by atoms with E-state index in [9.17, 15) is 5.11 Å². The highest BCUT2D eigenvalue weighted by molar-refractivity contribution is 9.10. The van der Waals surface area contributed by atoms with Gasteiger partial charge in [0.25, 0.3) is 0 Å². The van der Waals surface area contributed by atoms with Crippen LogP contribution in [0.15, 0.2) is 28.7 Å². The zero-order chi connectivity index (χ0) is 13.0. The summed E-state index contributed by atoms with van der Waals surface area (Å²) in [6.45, 7) is 0.497. The highest BCUT2D eigenvalue weighted by Crippen LogP contribution is 2.34. The molecule has 0 amide bonds. The normalized spacial score (nSPS) is 19.9. The van der Waals surface area contributed by atoms with E-state index in [1.807, 2.05) is 18.2 Å². The van der Waals surface area contributed by atoms with E-state index >= 15 is 0 Å². The van der Waals surface area contributed by atoms with Crippen LogP contribution in [0.2, 0.25) is 0 Å². The molecule has 1 aromatic carbocycles. The van der Waals surface area contributed by atoms with Crippen molar-refractivity contribution >= 4 is 15.9 Å². The summed E-state index contributed by atoms with van der Waals surface area (Å²) in [5.74, 6) is 0.734. The van der Waals surface area contributed by atoms with Gasteiger partial charge < -0.3 is 10.8 Å². The van der Waals surface area contributed by atoms with Crippen LogP contribution < -0.4 is 5.73 Å². The van der Waals surface area contributed by atoms with Crippen molar-refractivity contribution in [2.75, 3.05) is 6.54 Å². The van der Waals surface area contributed by atoms with Gasteiger partial charge in [0.1, 0.15) is 0 Å². The smallest absolute Gasteiger partial charge is 0.0623 e. The van der Waals surface area contributed by atoms with Crippen molar-refractivity contribution in [2.24, 2.45) is 11.7 Å². The maximum atomic E-state index is 10.4. The summed E-state index contributed by atoms with van der Waals surface area (Å²) in [6, 6.07) is 8.06. The van der Waals surface area contributed by atoms with E-state index in [0.29, 0.717) is 12.5 Å². The lowest BCUT2D eigenvalue weighted by Crippen LogP contribution is -2.27. The molecule has 2 unspecified atom stereocenters. The molecular weight excluding hydrogens is 290 g/mol. The molecule has 18 heavy (non-hydrogen) atoms. The minimum Gasteiger partial charge on any atom is -0.392 e. The lowest BCUT2D eigenvalue weighted by molar-refractivity contribution is 0.116. The van der Waals surface area contributed by atoms with Gasteiger partial charge in [0.05, 0.1) is 6.10 Å². The molecule has 1 aliphatic rings. The summed E-state index contributed by atoms with van der Waals surface area (Å²) in [7, 11) is 0. The molecule has 1 aliphatic carbocycles. The van der Waals surface area contributed by atoms with Gasteiger partial charge in [0.15, 0.2) is 0 Å². The lowest BCUT2D eigenvalue weighted by atomic mass is 9.87. The highest BCUT2D eigenvalue weighted by Gasteiger charge is 2.26. The Bertz CT molecular complexity index is 377. The predicted octanol–water partition coefficient (Wildman–Crippen LogP) is 3.43. The molecule has 100 valence electrons. The number of aliphatic hydroxyl groups excluding tert-OH is 1. The zero-order valence-electron chi connectivity index (χ0n) is 10.7. The quantitative estimate of drug-likeness (QED) is 0.875. The maximum Gasteiger partial charge on any atom is 0.0623 e. The number of nitrogens with two attached hydrogens (primary N) is 1. The molecule has 3 heteroatoms. The van der Waals surface area contributed by atoms with Crippen LogP contribution in [-0.4, -0.2) is 17.8 Å². The van der Waals surface area contributed by atoms with E-state index in [1.54, 1.807) is 0 Å². The third kappa shape index (κ3) is 3.34. The summed E-state index contributed by atoms with van der Waals surface area (Å²) < 4.78 is 1.05. The summed E-state index contributed by atoms with van der Waals surface area (Å²) >= 11 is 3.55. The second kappa shape index (κ2) is 6.69. The van der Waals surface area contributed by atoms with E-state index < -0.39 is 0 Å². The summed E-state index contributed by atoms with van der Waals surface area (Å²) in [5, 5.41) is 10.4. The third-order valence-electron chi connectivity index (χ3n) is 4.07. The lowest BCUT2D eigenvalue weighted by Gasteiger charge is -2.25. The molecule has 0 bridgehead atoms. The van der Waals surface area contributed by atoms with Crippen LogP contribution in [-0.2, 0) is 0 Å². The van der Waals surface area contributed by atoms with Crippen LogP contribution in [0.25, 0.3) is 0 Å². The van der Waals surface area contributed by atoms with Crippen molar-refractivity contribution in [1.82, 2.24) is 0 Å². The second-order valence-corrected chi connectivity index (χ2v) is 6.17. The topological polar surface area (TPSA) is 46.2 Å². The number of rotatable bonds is 5. The van der Waals surface area contributed by atoms with E-state index in [2.05, 4.69) is 22.0 Å². The highest BCUT2D eigenvalue weighted by atomic mass is 79.9. The Kier molecular flexibility index (Phi) is 5.22. The van der Waals surface area contributed by atoms with Gasteiger partial charge in [-0.1, -0.05) is 59.8 Å². The van der Waals surface area contributed by atoms with Crippen molar-refractivity contribution in [1.29, 1.82) is 0 Å². The first-order chi connectivity index (χ1) is 8.72. The number of halogens is 1. The molecule has 2 atom stereocenters. The van der Waals surface area contributed by atoms with Crippen molar-refractivity contribution in [2.45, 2.75) is 44.1 Å². The molecule has 0 spiro atoms. The average Bonchev–Trinajstić information content (AvgIpc) is 2.85. The minimum atomic E-state index is -0.322. The summed E-state index contributed by atoms with van der Waals surface area (Å²) in [6.07, 6.45) is 5.74. The average molecular weight is 312 g/mol. The van der Waals surface area contributed by atoms with Gasteiger partial charge in [0.2, 0.25) is 0 Å². The van der Waals surface area contributed by atoms with Gasteiger partial charge in [0, 0.05) is 16.9 Å². The molecule has 1 saturated carbocycles. The fourth-order valence-electron chi connectivity index (χ4n) is 3.02. The zero-order valence-corrected chi connectivity index (χ0v) is 12.3. The van der Waals surface area contributed by atoms with Crippen LogP contribution >= 0.6 is 15.9 Å².